The third-order valence-corrected chi connectivity index (χ3v) is 5.98. The second kappa shape index (κ2) is 9.07. The highest BCUT2D eigenvalue weighted by Crippen LogP contribution is 2.29. The summed E-state index contributed by atoms with van der Waals surface area (Å²) in [6.45, 7) is -0.528. The number of amides is 1. The van der Waals surface area contributed by atoms with Crippen molar-refractivity contribution in [2.24, 2.45) is 0 Å². The van der Waals surface area contributed by atoms with Crippen molar-refractivity contribution in [2.75, 3.05) is 38.4 Å². The van der Waals surface area contributed by atoms with Gasteiger partial charge in [0.15, 0.2) is 0 Å². The second-order valence-corrected chi connectivity index (χ2v) is 8.32. The number of nitro benzene ring substituents is 1. The van der Waals surface area contributed by atoms with Gasteiger partial charge in [0, 0.05) is 25.2 Å². The van der Waals surface area contributed by atoms with Gasteiger partial charge in [-0.25, -0.2) is 8.42 Å². The highest BCUT2D eigenvalue weighted by molar-refractivity contribution is 7.89. The zero-order valence-electron chi connectivity index (χ0n) is 15.8. The number of hydrogen-bond donors (Lipinski definition) is 2. The van der Waals surface area contributed by atoms with Gasteiger partial charge in [0.05, 0.1) is 29.2 Å². The van der Waals surface area contributed by atoms with Crippen LogP contribution in [-0.4, -0.2) is 51.3 Å². The number of likely N-dealkylation sites (N-methyl/N-ethyl adjacent to an activating group) is 1. The van der Waals surface area contributed by atoms with Gasteiger partial charge in [-0.3, -0.25) is 14.9 Å². The number of ether oxygens (including phenoxy) is 1. The lowest BCUT2D eigenvalue weighted by Crippen LogP contribution is -2.35. The van der Waals surface area contributed by atoms with Crippen LogP contribution in [0.2, 0.25) is 5.02 Å². The third kappa shape index (κ3) is 5.13. The monoisotopic (exact) mass is 442 g/mol. The zero-order valence-corrected chi connectivity index (χ0v) is 17.4. The quantitative estimate of drug-likeness (QED) is 0.474. The Bertz CT molecular complexity index is 1040. The van der Waals surface area contributed by atoms with Gasteiger partial charge in [0.25, 0.3) is 5.69 Å². The first-order chi connectivity index (χ1) is 13.6. The van der Waals surface area contributed by atoms with Crippen molar-refractivity contribution in [3.63, 3.8) is 0 Å². The summed E-state index contributed by atoms with van der Waals surface area (Å²) in [5, 5.41) is 16.7. The van der Waals surface area contributed by atoms with E-state index in [4.69, 9.17) is 16.3 Å². The van der Waals surface area contributed by atoms with E-state index in [1.54, 1.807) is 12.1 Å². The Hall–Kier alpha value is -2.89. The topological polar surface area (TPSA) is 131 Å². The van der Waals surface area contributed by atoms with Crippen LogP contribution in [0.25, 0.3) is 0 Å². The predicted molar refractivity (Wildman–Crippen MR) is 109 cm³/mol. The summed E-state index contributed by atoms with van der Waals surface area (Å²) in [5.74, 6) is -0.287. The number of methoxy groups -OCH3 is 1. The standard InChI is InChI=1S/C17H19ClN4O6S/c1-19-13-6-5-12(9-15(13)22(24)25)29(26,27)21(2)10-17(23)20-14-8-11(18)4-7-16(14)28-3/h4-9,19H,10H2,1-3H3,(H,20,23). The van der Waals surface area contributed by atoms with Crippen LogP contribution in [0, 0.1) is 10.1 Å². The van der Waals surface area contributed by atoms with Gasteiger partial charge in [0.2, 0.25) is 15.9 Å². The lowest BCUT2D eigenvalue weighted by Gasteiger charge is -2.18. The number of nitro groups is 1. The molecule has 29 heavy (non-hydrogen) atoms. The summed E-state index contributed by atoms with van der Waals surface area (Å²) < 4.78 is 31.4. The maximum Gasteiger partial charge on any atom is 0.293 e. The molecule has 0 fully saturated rings. The maximum atomic E-state index is 12.7. The number of nitrogens with one attached hydrogen (secondary N) is 2. The smallest absolute Gasteiger partial charge is 0.293 e. The van der Waals surface area contributed by atoms with Crippen molar-refractivity contribution in [2.45, 2.75) is 4.90 Å². The van der Waals surface area contributed by atoms with Gasteiger partial charge in [-0.2, -0.15) is 4.31 Å². The van der Waals surface area contributed by atoms with Crippen LogP contribution in [0.4, 0.5) is 17.1 Å². The van der Waals surface area contributed by atoms with Crippen LogP contribution >= 0.6 is 11.6 Å². The molecule has 0 spiro atoms. The van der Waals surface area contributed by atoms with E-state index in [0.29, 0.717) is 10.8 Å². The van der Waals surface area contributed by atoms with Gasteiger partial charge in [-0.05, 0) is 30.3 Å². The van der Waals surface area contributed by atoms with Crippen molar-refractivity contribution < 1.29 is 22.9 Å². The third-order valence-electron chi connectivity index (χ3n) is 3.95. The Morgan fingerprint density at radius 1 is 1.24 bits per heavy atom. The van der Waals surface area contributed by atoms with E-state index in [1.165, 1.54) is 39.4 Å². The fraction of sp³-hybridized carbons (Fsp3) is 0.235. The highest BCUT2D eigenvalue weighted by atomic mass is 35.5. The number of sulfonamides is 1. The number of benzene rings is 2. The largest absolute Gasteiger partial charge is 0.495 e. The molecule has 0 heterocycles. The van der Waals surface area contributed by atoms with Crippen LogP contribution in [0.1, 0.15) is 0 Å². The van der Waals surface area contributed by atoms with Crippen LogP contribution in [-0.2, 0) is 14.8 Å². The first-order valence-electron chi connectivity index (χ1n) is 8.16. The lowest BCUT2D eigenvalue weighted by molar-refractivity contribution is -0.384. The molecule has 12 heteroatoms. The van der Waals surface area contributed by atoms with E-state index in [2.05, 4.69) is 10.6 Å². The van der Waals surface area contributed by atoms with Crippen molar-refractivity contribution >= 4 is 44.6 Å². The summed E-state index contributed by atoms with van der Waals surface area (Å²) in [6, 6.07) is 8.05. The molecule has 1 amide bonds. The lowest BCUT2D eigenvalue weighted by atomic mass is 10.3. The van der Waals surface area contributed by atoms with E-state index in [9.17, 15) is 23.3 Å². The molecule has 0 saturated heterocycles. The number of rotatable bonds is 8. The van der Waals surface area contributed by atoms with E-state index in [-0.39, 0.29) is 16.3 Å². The van der Waals surface area contributed by atoms with E-state index < -0.39 is 33.1 Å². The minimum absolute atomic E-state index is 0.169. The van der Waals surface area contributed by atoms with Crippen LogP contribution in [0.3, 0.4) is 0 Å². The molecule has 2 rings (SSSR count). The van der Waals surface area contributed by atoms with Gasteiger partial charge < -0.3 is 15.4 Å². The number of carbonyl (C=O) groups is 1. The van der Waals surface area contributed by atoms with Gasteiger partial charge in [-0.1, -0.05) is 11.6 Å². The molecule has 156 valence electrons. The van der Waals surface area contributed by atoms with Gasteiger partial charge in [-0.15, -0.1) is 0 Å². The first kappa shape index (κ1) is 22.4. The molecule has 10 nitrogen and oxygen atoms in total. The first-order valence-corrected chi connectivity index (χ1v) is 9.98. The van der Waals surface area contributed by atoms with Crippen molar-refractivity contribution in [3.05, 3.63) is 51.5 Å². The maximum absolute atomic E-state index is 12.7. The van der Waals surface area contributed by atoms with Gasteiger partial charge >= 0.3 is 0 Å². The summed E-state index contributed by atoms with van der Waals surface area (Å²) >= 11 is 5.91. The summed E-state index contributed by atoms with van der Waals surface area (Å²) in [4.78, 5) is 22.5. The molecule has 0 aliphatic carbocycles. The fourth-order valence-corrected chi connectivity index (χ4v) is 3.79. The van der Waals surface area contributed by atoms with Crippen LogP contribution < -0.4 is 15.4 Å². The molecule has 0 unspecified atom stereocenters. The predicted octanol–water partition coefficient (Wildman–Crippen LogP) is 2.56. The Kier molecular flexibility index (Phi) is 7.01. The number of halogens is 1. The SMILES string of the molecule is CNc1ccc(S(=O)(=O)N(C)CC(=O)Nc2cc(Cl)ccc2OC)cc1[N+](=O)[O-]. The van der Waals surface area contributed by atoms with Gasteiger partial charge in [0.1, 0.15) is 11.4 Å². The molecular weight excluding hydrogens is 424 g/mol. The normalized spacial score (nSPS) is 11.2. The zero-order chi connectivity index (χ0) is 21.8. The minimum Gasteiger partial charge on any atom is -0.495 e. The molecule has 0 atom stereocenters. The Morgan fingerprint density at radius 2 is 1.93 bits per heavy atom. The molecule has 0 aliphatic rings. The van der Waals surface area contributed by atoms with E-state index >= 15 is 0 Å². The number of anilines is 2. The van der Waals surface area contributed by atoms with Crippen LogP contribution in [0.15, 0.2) is 41.3 Å². The molecular formula is C17H19ClN4O6S. The minimum atomic E-state index is -4.15. The molecule has 2 aromatic rings. The summed E-state index contributed by atoms with van der Waals surface area (Å²) in [5.41, 5.74) is 0.0577. The van der Waals surface area contributed by atoms with Crippen LogP contribution in [0.5, 0.6) is 5.75 Å². The number of nitrogens with zero attached hydrogens (tertiary/aromatic N) is 2. The molecule has 2 N–H and O–H groups in total. The average molecular weight is 443 g/mol. The Labute approximate surface area is 172 Å². The molecule has 0 bridgehead atoms. The van der Waals surface area contributed by atoms with Crippen molar-refractivity contribution in [1.82, 2.24) is 4.31 Å². The molecule has 0 aliphatic heterocycles. The van der Waals surface area contributed by atoms with E-state index in [1.807, 2.05) is 0 Å². The summed E-state index contributed by atoms with van der Waals surface area (Å²) in [6.07, 6.45) is 0. The molecule has 0 aromatic heterocycles. The fourth-order valence-electron chi connectivity index (χ4n) is 2.47. The summed E-state index contributed by atoms with van der Waals surface area (Å²) in [7, 11) is -0.0547. The van der Waals surface area contributed by atoms with Crippen molar-refractivity contribution in [3.8, 4) is 5.75 Å². The highest BCUT2D eigenvalue weighted by Gasteiger charge is 2.26. The van der Waals surface area contributed by atoms with E-state index in [0.717, 1.165) is 10.4 Å². The molecule has 2 aromatic carbocycles. The number of carbonyl (C=O) groups excluding carboxylic acids is 1. The number of hydrogen-bond acceptors (Lipinski definition) is 7. The molecule has 0 radical (unpaired) electrons. The average Bonchev–Trinajstić information content (AvgIpc) is 2.67. The Balaban J connectivity index is 2.22. The Morgan fingerprint density at radius 3 is 2.52 bits per heavy atom. The second-order valence-electron chi connectivity index (χ2n) is 5.84. The molecule has 0 saturated carbocycles. The van der Waals surface area contributed by atoms with Crippen molar-refractivity contribution in [1.29, 1.82) is 0 Å².